The number of pyridine rings is 1. The van der Waals surface area contributed by atoms with Crippen LogP contribution in [0.4, 0.5) is 5.82 Å². The Morgan fingerprint density at radius 3 is 2.74 bits per heavy atom. The summed E-state index contributed by atoms with van der Waals surface area (Å²) >= 11 is 6.40. The molecular weight excluding hydrogens is 366 g/mol. The molecule has 0 bridgehead atoms. The van der Waals surface area contributed by atoms with Gasteiger partial charge < -0.3 is 19.7 Å². The molecule has 1 N–H and O–H groups in total. The van der Waals surface area contributed by atoms with Gasteiger partial charge in [-0.2, -0.15) is 0 Å². The van der Waals surface area contributed by atoms with Gasteiger partial charge in [-0.1, -0.05) is 32.4 Å². The molecule has 0 aliphatic carbocycles. The van der Waals surface area contributed by atoms with Gasteiger partial charge in [0.25, 0.3) is 5.91 Å². The number of morpholine rings is 1. The van der Waals surface area contributed by atoms with Crippen molar-refractivity contribution in [3.8, 4) is 0 Å². The minimum absolute atomic E-state index is 0.0484. The number of halogens is 1. The van der Waals surface area contributed by atoms with Gasteiger partial charge in [0.05, 0.1) is 29.9 Å². The highest BCUT2D eigenvalue weighted by atomic mass is 35.5. The summed E-state index contributed by atoms with van der Waals surface area (Å²) in [6.45, 7) is 10.6. The zero-order chi connectivity index (χ0) is 19.4. The van der Waals surface area contributed by atoms with Crippen LogP contribution in [0.15, 0.2) is 12.3 Å². The van der Waals surface area contributed by atoms with Crippen molar-refractivity contribution in [2.45, 2.75) is 39.7 Å². The monoisotopic (exact) mass is 395 g/mol. The molecule has 2 aliphatic rings. The Labute approximate surface area is 166 Å². The third-order valence-electron chi connectivity index (χ3n) is 5.22. The summed E-state index contributed by atoms with van der Waals surface area (Å²) in [5.41, 5.74) is 0.610. The lowest BCUT2D eigenvalue weighted by Gasteiger charge is -2.40. The van der Waals surface area contributed by atoms with E-state index in [0.29, 0.717) is 48.6 Å². The van der Waals surface area contributed by atoms with Gasteiger partial charge in [0.15, 0.2) is 0 Å². The molecule has 2 saturated heterocycles. The van der Waals surface area contributed by atoms with Gasteiger partial charge in [0, 0.05) is 38.4 Å². The Morgan fingerprint density at radius 2 is 2.07 bits per heavy atom. The highest BCUT2D eigenvalue weighted by Crippen LogP contribution is 2.34. The smallest absolute Gasteiger partial charge is 0.255 e. The number of ether oxygens (including phenoxy) is 2. The van der Waals surface area contributed by atoms with Crippen LogP contribution in [0, 0.1) is 11.3 Å². The van der Waals surface area contributed by atoms with Crippen LogP contribution >= 0.6 is 11.6 Å². The third-order valence-corrected chi connectivity index (χ3v) is 5.50. The quantitative estimate of drug-likeness (QED) is 0.845. The predicted octanol–water partition coefficient (Wildman–Crippen LogP) is 3.46. The number of nitrogens with zero attached hydrogens (tertiary/aromatic N) is 2. The molecule has 0 saturated carbocycles. The average molecular weight is 396 g/mol. The van der Waals surface area contributed by atoms with Crippen molar-refractivity contribution in [3.05, 3.63) is 22.8 Å². The van der Waals surface area contributed by atoms with E-state index in [0.717, 1.165) is 26.0 Å². The predicted molar refractivity (Wildman–Crippen MR) is 106 cm³/mol. The summed E-state index contributed by atoms with van der Waals surface area (Å²) in [5.74, 6) is 0.979. The summed E-state index contributed by atoms with van der Waals surface area (Å²) in [5, 5.41) is 3.83. The molecule has 0 radical (unpaired) electrons. The van der Waals surface area contributed by atoms with Crippen molar-refractivity contribution in [1.29, 1.82) is 0 Å². The van der Waals surface area contributed by atoms with Crippen molar-refractivity contribution in [1.82, 2.24) is 9.88 Å². The number of anilines is 1. The molecule has 1 aromatic rings. The van der Waals surface area contributed by atoms with Crippen LogP contribution in [0.1, 0.15) is 44.0 Å². The van der Waals surface area contributed by atoms with Gasteiger partial charge in [-0.25, -0.2) is 4.98 Å². The molecule has 150 valence electrons. The molecule has 1 amide bonds. The number of hydrogen-bond donors (Lipinski definition) is 1. The zero-order valence-electron chi connectivity index (χ0n) is 16.5. The first-order chi connectivity index (χ1) is 12.9. The Hall–Kier alpha value is -1.37. The minimum atomic E-state index is -0.0484. The van der Waals surface area contributed by atoms with E-state index in [1.807, 2.05) is 0 Å². The van der Waals surface area contributed by atoms with E-state index in [4.69, 9.17) is 21.1 Å². The lowest BCUT2D eigenvalue weighted by atomic mass is 9.78. The number of carbonyl (C=O) groups excluding carboxylic acids is 1. The Kier molecular flexibility index (Phi) is 6.61. The molecule has 6 nitrogen and oxygen atoms in total. The van der Waals surface area contributed by atoms with Crippen molar-refractivity contribution in [2.75, 3.05) is 44.8 Å². The van der Waals surface area contributed by atoms with Crippen molar-refractivity contribution < 1.29 is 14.3 Å². The SMILES string of the molecule is CC(C)(C)C1OCCCC1CNc1ncc(C(=O)N2CCOCC2)cc1Cl. The fraction of sp³-hybridized carbons (Fsp3) is 0.700. The molecule has 0 aromatic carbocycles. The Balaban J connectivity index is 1.63. The Bertz CT molecular complexity index is 656. The lowest BCUT2D eigenvalue weighted by molar-refractivity contribution is -0.0814. The topological polar surface area (TPSA) is 63.7 Å². The number of carbonyl (C=O) groups is 1. The van der Waals surface area contributed by atoms with Gasteiger partial charge in [0.1, 0.15) is 5.82 Å². The molecule has 2 fully saturated rings. The number of amides is 1. The summed E-state index contributed by atoms with van der Waals surface area (Å²) in [4.78, 5) is 18.7. The second kappa shape index (κ2) is 8.76. The second-order valence-corrected chi connectivity index (χ2v) is 8.81. The van der Waals surface area contributed by atoms with Crippen LogP contribution in [-0.2, 0) is 9.47 Å². The van der Waals surface area contributed by atoms with Crippen LogP contribution in [0.25, 0.3) is 0 Å². The van der Waals surface area contributed by atoms with Crippen LogP contribution < -0.4 is 5.32 Å². The second-order valence-electron chi connectivity index (χ2n) is 8.40. The molecule has 2 aliphatic heterocycles. The van der Waals surface area contributed by atoms with E-state index in [2.05, 4.69) is 31.1 Å². The van der Waals surface area contributed by atoms with Crippen LogP contribution in [0.5, 0.6) is 0 Å². The van der Waals surface area contributed by atoms with E-state index in [1.54, 1.807) is 17.2 Å². The van der Waals surface area contributed by atoms with Gasteiger partial charge in [-0.15, -0.1) is 0 Å². The van der Waals surface area contributed by atoms with Crippen LogP contribution in [0.2, 0.25) is 5.02 Å². The lowest BCUT2D eigenvalue weighted by Crippen LogP contribution is -2.42. The molecule has 2 atom stereocenters. The maximum absolute atomic E-state index is 12.6. The molecule has 1 aromatic heterocycles. The molecule has 2 unspecified atom stereocenters. The Morgan fingerprint density at radius 1 is 1.33 bits per heavy atom. The molecule has 7 heteroatoms. The summed E-state index contributed by atoms with van der Waals surface area (Å²) in [7, 11) is 0. The van der Waals surface area contributed by atoms with E-state index < -0.39 is 0 Å². The average Bonchev–Trinajstić information content (AvgIpc) is 2.66. The van der Waals surface area contributed by atoms with Crippen molar-refractivity contribution in [3.63, 3.8) is 0 Å². The van der Waals surface area contributed by atoms with Crippen molar-refractivity contribution in [2.24, 2.45) is 11.3 Å². The molecular formula is C20H30ClN3O3. The molecule has 3 heterocycles. The van der Waals surface area contributed by atoms with E-state index in [-0.39, 0.29) is 17.4 Å². The number of hydrogen-bond acceptors (Lipinski definition) is 5. The molecule has 27 heavy (non-hydrogen) atoms. The highest BCUT2D eigenvalue weighted by molar-refractivity contribution is 6.33. The highest BCUT2D eigenvalue weighted by Gasteiger charge is 2.35. The van der Waals surface area contributed by atoms with Gasteiger partial charge in [-0.05, 0) is 24.3 Å². The normalized spacial score (nSPS) is 23.9. The zero-order valence-corrected chi connectivity index (χ0v) is 17.2. The molecule has 0 spiro atoms. The summed E-state index contributed by atoms with van der Waals surface area (Å²) in [6.07, 6.45) is 4.01. The van der Waals surface area contributed by atoms with Crippen LogP contribution in [-0.4, -0.2) is 61.3 Å². The molecule has 3 rings (SSSR count). The number of nitrogens with one attached hydrogen (secondary N) is 1. The van der Waals surface area contributed by atoms with E-state index >= 15 is 0 Å². The first-order valence-corrected chi connectivity index (χ1v) is 10.1. The minimum Gasteiger partial charge on any atom is -0.378 e. The van der Waals surface area contributed by atoms with Gasteiger partial charge in [0.2, 0.25) is 0 Å². The van der Waals surface area contributed by atoms with Crippen molar-refractivity contribution >= 4 is 23.3 Å². The maximum atomic E-state index is 12.6. The van der Waals surface area contributed by atoms with Gasteiger partial charge in [-0.3, -0.25) is 4.79 Å². The largest absolute Gasteiger partial charge is 0.378 e. The fourth-order valence-corrected chi connectivity index (χ4v) is 4.10. The first kappa shape index (κ1) is 20.4. The van der Waals surface area contributed by atoms with E-state index in [1.165, 1.54) is 0 Å². The summed E-state index contributed by atoms with van der Waals surface area (Å²) in [6, 6.07) is 1.70. The van der Waals surface area contributed by atoms with Gasteiger partial charge >= 0.3 is 0 Å². The summed E-state index contributed by atoms with van der Waals surface area (Å²) < 4.78 is 11.3. The maximum Gasteiger partial charge on any atom is 0.255 e. The third kappa shape index (κ3) is 5.12. The standard InChI is InChI=1S/C20H30ClN3O3/c1-20(2,3)17-14(5-4-8-27-17)12-22-18-16(21)11-15(13-23-18)19(25)24-6-9-26-10-7-24/h11,13-14,17H,4-10,12H2,1-3H3,(H,22,23). The fourth-order valence-electron chi connectivity index (χ4n) is 3.87. The number of rotatable bonds is 4. The van der Waals surface area contributed by atoms with Crippen LogP contribution in [0.3, 0.4) is 0 Å². The number of aromatic nitrogens is 1. The first-order valence-electron chi connectivity index (χ1n) is 9.74. The van der Waals surface area contributed by atoms with E-state index in [9.17, 15) is 4.79 Å².